The molecule has 0 bridgehead atoms. The third-order valence-corrected chi connectivity index (χ3v) is 4.12. The Bertz CT molecular complexity index is 970. The largest absolute Gasteiger partial charge is 0.340 e. The molecule has 2 N–H and O–H groups in total. The summed E-state index contributed by atoms with van der Waals surface area (Å²) in [5.41, 5.74) is 3.79. The second-order valence-corrected chi connectivity index (χ2v) is 6.48. The van der Waals surface area contributed by atoms with E-state index in [4.69, 9.17) is 5.26 Å². The Kier molecular flexibility index (Phi) is 5.48. The van der Waals surface area contributed by atoms with Crippen LogP contribution in [0.25, 0.3) is 0 Å². The van der Waals surface area contributed by atoms with Gasteiger partial charge in [-0.25, -0.2) is 4.98 Å². The molecular formula is C22H20N4O. The number of pyridine rings is 1. The van der Waals surface area contributed by atoms with Crippen molar-refractivity contribution in [2.24, 2.45) is 0 Å². The summed E-state index contributed by atoms with van der Waals surface area (Å²) in [5, 5.41) is 14.9. The maximum atomic E-state index is 12.4. The topological polar surface area (TPSA) is 77.8 Å². The average molecular weight is 356 g/mol. The monoisotopic (exact) mass is 356 g/mol. The smallest absolute Gasteiger partial charge is 0.257 e. The summed E-state index contributed by atoms with van der Waals surface area (Å²) in [7, 11) is 0. The van der Waals surface area contributed by atoms with Crippen LogP contribution in [0.1, 0.15) is 41.3 Å². The Hall–Kier alpha value is -3.65. The minimum absolute atomic E-state index is 0.210. The van der Waals surface area contributed by atoms with Gasteiger partial charge in [0.05, 0.1) is 17.2 Å². The molecule has 0 atom stereocenters. The number of rotatable bonds is 5. The highest BCUT2D eigenvalue weighted by atomic mass is 16.1. The molecule has 0 spiro atoms. The molecule has 3 aromatic rings. The molecule has 2 aromatic carbocycles. The third-order valence-electron chi connectivity index (χ3n) is 4.12. The van der Waals surface area contributed by atoms with Gasteiger partial charge in [-0.15, -0.1) is 0 Å². The van der Waals surface area contributed by atoms with Gasteiger partial charge in [0.2, 0.25) is 0 Å². The van der Waals surface area contributed by atoms with Crippen LogP contribution >= 0.6 is 0 Å². The van der Waals surface area contributed by atoms with Crippen LogP contribution in [0.2, 0.25) is 0 Å². The maximum absolute atomic E-state index is 12.4. The number of nitrogens with zero attached hydrogens (tertiary/aromatic N) is 2. The van der Waals surface area contributed by atoms with Crippen molar-refractivity contribution in [3.8, 4) is 6.07 Å². The molecule has 0 unspecified atom stereocenters. The maximum Gasteiger partial charge on any atom is 0.257 e. The summed E-state index contributed by atoms with van der Waals surface area (Å²) in [6.45, 7) is 4.26. The standard InChI is InChI=1S/C22H20N4O/c1-15(2)17-6-9-19(10-7-17)26-22(27)18-8-11-21(24-14-18)25-20-5-3-4-16(12-20)13-23/h3-12,14-15H,1-2H3,(H,24,25)(H,26,27). The molecule has 0 saturated carbocycles. The number of aromatic nitrogens is 1. The lowest BCUT2D eigenvalue weighted by Crippen LogP contribution is -2.12. The van der Waals surface area contributed by atoms with Crippen LogP contribution in [0.4, 0.5) is 17.2 Å². The fourth-order valence-electron chi connectivity index (χ4n) is 2.57. The van der Waals surface area contributed by atoms with E-state index in [1.54, 1.807) is 30.3 Å². The molecule has 1 heterocycles. The quantitative estimate of drug-likeness (QED) is 0.669. The number of benzene rings is 2. The Balaban J connectivity index is 1.65. The molecule has 1 amide bonds. The van der Waals surface area contributed by atoms with Gasteiger partial charge < -0.3 is 10.6 Å². The van der Waals surface area contributed by atoms with E-state index >= 15 is 0 Å². The second-order valence-electron chi connectivity index (χ2n) is 6.48. The van der Waals surface area contributed by atoms with Gasteiger partial charge in [0.1, 0.15) is 5.82 Å². The summed E-state index contributed by atoms with van der Waals surface area (Å²) in [4.78, 5) is 16.7. The predicted octanol–water partition coefficient (Wildman–Crippen LogP) is 5.07. The number of anilines is 3. The lowest BCUT2D eigenvalue weighted by molar-refractivity contribution is 0.102. The van der Waals surface area contributed by atoms with Crippen LogP contribution in [0.3, 0.4) is 0 Å². The molecule has 134 valence electrons. The van der Waals surface area contributed by atoms with E-state index in [0.717, 1.165) is 11.4 Å². The fourth-order valence-corrected chi connectivity index (χ4v) is 2.57. The van der Waals surface area contributed by atoms with Crippen molar-refractivity contribution >= 4 is 23.1 Å². The molecular weight excluding hydrogens is 336 g/mol. The number of carbonyl (C=O) groups excluding carboxylic acids is 1. The number of amides is 1. The Morgan fingerprint density at radius 1 is 1.04 bits per heavy atom. The Morgan fingerprint density at radius 3 is 2.44 bits per heavy atom. The normalized spacial score (nSPS) is 10.3. The van der Waals surface area contributed by atoms with Crippen LogP contribution in [0.5, 0.6) is 0 Å². The minimum Gasteiger partial charge on any atom is -0.340 e. The summed E-state index contributed by atoms with van der Waals surface area (Å²) >= 11 is 0. The first-order valence-corrected chi connectivity index (χ1v) is 8.70. The zero-order chi connectivity index (χ0) is 19.2. The first-order valence-electron chi connectivity index (χ1n) is 8.70. The Morgan fingerprint density at radius 2 is 1.81 bits per heavy atom. The van der Waals surface area contributed by atoms with Gasteiger partial charge in [0.15, 0.2) is 0 Å². The summed E-state index contributed by atoms with van der Waals surface area (Å²) in [5.74, 6) is 0.841. The van der Waals surface area contributed by atoms with Crippen molar-refractivity contribution in [2.75, 3.05) is 10.6 Å². The summed E-state index contributed by atoms with van der Waals surface area (Å²) < 4.78 is 0. The highest BCUT2D eigenvalue weighted by Crippen LogP contribution is 2.19. The lowest BCUT2D eigenvalue weighted by atomic mass is 10.0. The van der Waals surface area contributed by atoms with Gasteiger partial charge in [-0.1, -0.05) is 32.0 Å². The minimum atomic E-state index is -0.210. The average Bonchev–Trinajstić information content (AvgIpc) is 2.69. The molecule has 0 aliphatic heterocycles. The molecule has 27 heavy (non-hydrogen) atoms. The summed E-state index contributed by atoms with van der Waals surface area (Å²) in [6, 6.07) is 20.5. The predicted molar refractivity (Wildman–Crippen MR) is 107 cm³/mol. The fraction of sp³-hybridized carbons (Fsp3) is 0.136. The van der Waals surface area contributed by atoms with E-state index in [2.05, 4.69) is 35.5 Å². The number of carbonyl (C=O) groups is 1. The van der Waals surface area contributed by atoms with Gasteiger partial charge >= 0.3 is 0 Å². The highest BCUT2D eigenvalue weighted by molar-refractivity contribution is 6.04. The first kappa shape index (κ1) is 18.2. The number of nitrogens with one attached hydrogen (secondary N) is 2. The van der Waals surface area contributed by atoms with Crippen LogP contribution < -0.4 is 10.6 Å². The van der Waals surface area contributed by atoms with Gasteiger partial charge in [-0.2, -0.15) is 5.26 Å². The molecule has 5 nitrogen and oxygen atoms in total. The zero-order valence-corrected chi connectivity index (χ0v) is 15.2. The number of nitriles is 1. The SMILES string of the molecule is CC(C)c1ccc(NC(=O)c2ccc(Nc3cccc(C#N)c3)nc2)cc1. The van der Waals surface area contributed by atoms with Crippen molar-refractivity contribution < 1.29 is 4.79 Å². The Labute approximate surface area is 158 Å². The van der Waals surface area contributed by atoms with Crippen LogP contribution in [0.15, 0.2) is 66.9 Å². The van der Waals surface area contributed by atoms with Crippen molar-refractivity contribution in [1.29, 1.82) is 5.26 Å². The molecule has 0 fully saturated rings. The molecule has 0 aliphatic rings. The van der Waals surface area contributed by atoms with E-state index in [9.17, 15) is 4.79 Å². The zero-order valence-electron chi connectivity index (χ0n) is 15.2. The second kappa shape index (κ2) is 8.15. The van der Waals surface area contributed by atoms with E-state index < -0.39 is 0 Å². The molecule has 3 rings (SSSR count). The third kappa shape index (κ3) is 4.71. The van der Waals surface area contributed by atoms with E-state index in [0.29, 0.717) is 22.9 Å². The van der Waals surface area contributed by atoms with Gasteiger partial charge in [-0.3, -0.25) is 4.79 Å². The first-order chi connectivity index (χ1) is 13.0. The van der Waals surface area contributed by atoms with Crippen molar-refractivity contribution in [3.63, 3.8) is 0 Å². The van der Waals surface area contributed by atoms with Crippen LogP contribution in [-0.2, 0) is 0 Å². The van der Waals surface area contributed by atoms with Crippen molar-refractivity contribution in [1.82, 2.24) is 4.98 Å². The van der Waals surface area contributed by atoms with E-state index in [1.807, 2.05) is 30.3 Å². The van der Waals surface area contributed by atoms with E-state index in [-0.39, 0.29) is 5.91 Å². The van der Waals surface area contributed by atoms with Gasteiger partial charge in [0.25, 0.3) is 5.91 Å². The molecule has 0 saturated heterocycles. The highest BCUT2D eigenvalue weighted by Gasteiger charge is 2.08. The van der Waals surface area contributed by atoms with Gasteiger partial charge in [0, 0.05) is 17.6 Å². The molecule has 0 aliphatic carbocycles. The van der Waals surface area contributed by atoms with Gasteiger partial charge in [-0.05, 0) is 53.9 Å². The summed E-state index contributed by atoms with van der Waals surface area (Å²) in [6.07, 6.45) is 1.52. The van der Waals surface area contributed by atoms with E-state index in [1.165, 1.54) is 11.8 Å². The number of hydrogen-bond donors (Lipinski definition) is 2. The lowest BCUT2D eigenvalue weighted by Gasteiger charge is -2.09. The molecule has 5 heteroatoms. The molecule has 0 radical (unpaired) electrons. The van der Waals surface area contributed by atoms with Crippen LogP contribution in [-0.4, -0.2) is 10.9 Å². The molecule has 1 aromatic heterocycles. The van der Waals surface area contributed by atoms with Crippen molar-refractivity contribution in [3.05, 3.63) is 83.6 Å². The van der Waals surface area contributed by atoms with Crippen LogP contribution in [0, 0.1) is 11.3 Å². The number of hydrogen-bond acceptors (Lipinski definition) is 4. The van der Waals surface area contributed by atoms with Crippen molar-refractivity contribution in [2.45, 2.75) is 19.8 Å².